The van der Waals surface area contributed by atoms with E-state index >= 15 is 0 Å². The van der Waals surface area contributed by atoms with E-state index in [1.807, 2.05) is 43.3 Å². The Hall–Kier alpha value is -3.56. The van der Waals surface area contributed by atoms with Crippen LogP contribution in [-0.2, 0) is 0 Å². The van der Waals surface area contributed by atoms with E-state index in [4.69, 9.17) is 9.47 Å². The van der Waals surface area contributed by atoms with Crippen LogP contribution in [0.4, 0.5) is 0 Å². The lowest BCUT2D eigenvalue weighted by atomic mass is 10.1. The molecule has 1 saturated heterocycles. The van der Waals surface area contributed by atoms with E-state index in [-0.39, 0.29) is 0 Å². The number of fused-ring (bicyclic) bond motifs is 2. The van der Waals surface area contributed by atoms with Gasteiger partial charge in [0.1, 0.15) is 23.3 Å². The van der Waals surface area contributed by atoms with Gasteiger partial charge >= 0.3 is 0 Å². The van der Waals surface area contributed by atoms with Crippen LogP contribution in [0, 0.1) is 18.3 Å². The molecule has 0 atom stereocenters. The highest BCUT2D eigenvalue weighted by Crippen LogP contribution is 2.34. The third-order valence-corrected chi connectivity index (χ3v) is 5.95. The molecule has 32 heavy (non-hydrogen) atoms. The molecule has 2 aromatic heterocycles. The van der Waals surface area contributed by atoms with Gasteiger partial charge in [0.15, 0.2) is 0 Å². The maximum atomic E-state index is 9.71. The molecular formula is C26H26N4O2. The molecule has 1 fully saturated rings. The van der Waals surface area contributed by atoms with Crippen molar-refractivity contribution < 1.29 is 9.47 Å². The third-order valence-electron chi connectivity index (χ3n) is 5.95. The van der Waals surface area contributed by atoms with Crippen molar-refractivity contribution in [3.05, 3.63) is 59.9 Å². The van der Waals surface area contributed by atoms with E-state index in [0.29, 0.717) is 23.7 Å². The first-order chi connectivity index (χ1) is 15.7. The predicted octanol–water partition coefficient (Wildman–Crippen LogP) is 5.55. The molecule has 0 radical (unpaired) electrons. The molecule has 162 valence electrons. The fraction of sp³-hybridized carbons (Fsp3) is 0.308. The number of nitrogens with zero attached hydrogens (tertiary/aromatic N) is 3. The number of hydrogen-bond donors (Lipinski definition) is 1. The molecule has 0 spiro atoms. The number of nitrogens with one attached hydrogen (secondary N) is 1. The van der Waals surface area contributed by atoms with Crippen LogP contribution in [0.2, 0.25) is 0 Å². The molecule has 1 aliphatic heterocycles. The van der Waals surface area contributed by atoms with Gasteiger partial charge in [-0.25, -0.2) is 0 Å². The molecule has 6 nitrogen and oxygen atoms in total. The maximum absolute atomic E-state index is 9.71. The maximum Gasteiger partial charge on any atom is 0.139 e. The number of aromatic amines is 1. The average molecular weight is 427 g/mol. The number of H-pyrrole nitrogens is 1. The Morgan fingerprint density at radius 2 is 1.97 bits per heavy atom. The number of nitriles is 1. The number of rotatable bonds is 7. The number of ether oxygens (including phenoxy) is 2. The number of benzene rings is 2. The van der Waals surface area contributed by atoms with Gasteiger partial charge in [0.05, 0.1) is 17.7 Å². The molecule has 0 aliphatic carbocycles. The lowest BCUT2D eigenvalue weighted by molar-refractivity contribution is 0.263. The Kier molecular flexibility index (Phi) is 5.66. The van der Waals surface area contributed by atoms with E-state index in [1.54, 1.807) is 6.20 Å². The Morgan fingerprint density at radius 1 is 1.09 bits per heavy atom. The van der Waals surface area contributed by atoms with Gasteiger partial charge in [-0.3, -0.25) is 4.98 Å². The third kappa shape index (κ3) is 4.25. The Balaban J connectivity index is 1.36. The molecule has 5 rings (SSSR count). The molecule has 0 amide bonds. The van der Waals surface area contributed by atoms with E-state index in [2.05, 4.69) is 27.0 Å². The van der Waals surface area contributed by atoms with Crippen LogP contribution in [0.3, 0.4) is 0 Å². The van der Waals surface area contributed by atoms with Crippen LogP contribution >= 0.6 is 0 Å². The number of aromatic nitrogens is 2. The summed E-state index contributed by atoms with van der Waals surface area (Å²) in [5, 5.41) is 11.6. The summed E-state index contributed by atoms with van der Waals surface area (Å²) in [6.07, 6.45) is 5.25. The average Bonchev–Trinajstić information content (AvgIpc) is 3.44. The minimum atomic E-state index is 0.494. The normalized spacial score (nSPS) is 14.1. The molecule has 1 aliphatic rings. The first kappa shape index (κ1) is 20.3. The summed E-state index contributed by atoms with van der Waals surface area (Å²) in [5.74, 6) is 1.98. The van der Waals surface area contributed by atoms with Crippen molar-refractivity contribution in [1.29, 1.82) is 5.26 Å². The van der Waals surface area contributed by atoms with E-state index in [1.165, 1.54) is 25.9 Å². The van der Waals surface area contributed by atoms with Gasteiger partial charge in [0, 0.05) is 40.8 Å². The van der Waals surface area contributed by atoms with Crippen LogP contribution in [0.5, 0.6) is 17.2 Å². The van der Waals surface area contributed by atoms with Gasteiger partial charge in [0.25, 0.3) is 0 Å². The van der Waals surface area contributed by atoms with Crippen molar-refractivity contribution in [2.75, 3.05) is 26.2 Å². The van der Waals surface area contributed by atoms with Crippen LogP contribution in [-0.4, -0.2) is 41.1 Å². The molecule has 0 bridgehead atoms. The number of aryl methyl sites for hydroxylation is 1. The second-order valence-electron chi connectivity index (χ2n) is 8.34. The molecular weight excluding hydrogens is 400 g/mol. The second kappa shape index (κ2) is 8.89. The monoisotopic (exact) mass is 426 g/mol. The van der Waals surface area contributed by atoms with Crippen molar-refractivity contribution in [2.45, 2.75) is 26.2 Å². The predicted molar refractivity (Wildman–Crippen MR) is 125 cm³/mol. The zero-order valence-electron chi connectivity index (χ0n) is 18.2. The summed E-state index contributed by atoms with van der Waals surface area (Å²) in [6, 6.07) is 15.8. The molecule has 0 unspecified atom stereocenters. The van der Waals surface area contributed by atoms with Gasteiger partial charge < -0.3 is 19.4 Å². The minimum absolute atomic E-state index is 0.494. The number of pyridine rings is 1. The van der Waals surface area contributed by atoms with E-state index < -0.39 is 0 Å². The van der Waals surface area contributed by atoms with E-state index in [9.17, 15) is 5.26 Å². The highest BCUT2D eigenvalue weighted by molar-refractivity contribution is 5.88. The van der Waals surface area contributed by atoms with Gasteiger partial charge in [-0.15, -0.1) is 0 Å². The highest BCUT2D eigenvalue weighted by Gasteiger charge is 2.13. The van der Waals surface area contributed by atoms with Crippen LogP contribution < -0.4 is 9.47 Å². The lowest BCUT2D eigenvalue weighted by Crippen LogP contribution is -2.22. The summed E-state index contributed by atoms with van der Waals surface area (Å²) in [5.41, 5.74) is 3.42. The molecule has 0 saturated carbocycles. The number of likely N-dealkylation sites (tertiary alicyclic amines) is 1. The Morgan fingerprint density at radius 3 is 2.81 bits per heavy atom. The Labute approximate surface area is 187 Å². The summed E-state index contributed by atoms with van der Waals surface area (Å²) < 4.78 is 12.2. The van der Waals surface area contributed by atoms with Gasteiger partial charge in [-0.1, -0.05) is 0 Å². The Bertz CT molecular complexity index is 1300. The number of hydrogen-bond acceptors (Lipinski definition) is 5. The highest BCUT2D eigenvalue weighted by atomic mass is 16.5. The zero-order chi connectivity index (χ0) is 21.9. The minimum Gasteiger partial charge on any atom is -0.492 e. The standard InChI is InChI=1S/C26H26N4O2/c1-18-13-19-14-21(5-6-23(19)29-18)32-25-7-8-28-24-16-26(20(17-27)15-22(24)25)31-12-4-11-30-9-2-3-10-30/h5-8,13-16,29H,2-4,9-12H2,1H3. The molecule has 4 aromatic rings. The topological polar surface area (TPSA) is 74.2 Å². The van der Waals surface area contributed by atoms with Gasteiger partial charge in [-0.2, -0.15) is 5.26 Å². The summed E-state index contributed by atoms with van der Waals surface area (Å²) in [4.78, 5) is 10.3. The first-order valence-electron chi connectivity index (χ1n) is 11.1. The van der Waals surface area contributed by atoms with Crippen molar-refractivity contribution in [3.63, 3.8) is 0 Å². The van der Waals surface area contributed by atoms with Crippen molar-refractivity contribution in [1.82, 2.24) is 14.9 Å². The van der Waals surface area contributed by atoms with Crippen molar-refractivity contribution in [3.8, 4) is 23.3 Å². The van der Waals surface area contributed by atoms with Crippen LogP contribution in [0.15, 0.2) is 48.7 Å². The molecule has 1 N–H and O–H groups in total. The SMILES string of the molecule is Cc1cc2cc(Oc3ccnc4cc(OCCCN5CCCC5)c(C#N)cc34)ccc2[nH]1. The lowest BCUT2D eigenvalue weighted by Gasteiger charge is -2.15. The largest absolute Gasteiger partial charge is 0.492 e. The summed E-state index contributed by atoms with van der Waals surface area (Å²) in [7, 11) is 0. The van der Waals surface area contributed by atoms with Crippen LogP contribution in [0.1, 0.15) is 30.5 Å². The molecule has 2 aromatic carbocycles. The fourth-order valence-corrected chi connectivity index (χ4v) is 4.37. The first-order valence-corrected chi connectivity index (χ1v) is 11.1. The molecule has 3 heterocycles. The van der Waals surface area contributed by atoms with Crippen molar-refractivity contribution in [2.24, 2.45) is 0 Å². The van der Waals surface area contributed by atoms with E-state index in [0.717, 1.165) is 46.2 Å². The van der Waals surface area contributed by atoms with Crippen molar-refractivity contribution >= 4 is 21.8 Å². The van der Waals surface area contributed by atoms with Gasteiger partial charge in [-0.05, 0) is 75.7 Å². The summed E-state index contributed by atoms with van der Waals surface area (Å²) >= 11 is 0. The quantitative estimate of drug-likeness (QED) is 0.392. The molecule has 6 heteroatoms. The zero-order valence-corrected chi connectivity index (χ0v) is 18.2. The van der Waals surface area contributed by atoms with Gasteiger partial charge in [0.2, 0.25) is 0 Å². The second-order valence-corrected chi connectivity index (χ2v) is 8.34. The van der Waals surface area contributed by atoms with Crippen LogP contribution in [0.25, 0.3) is 21.8 Å². The smallest absolute Gasteiger partial charge is 0.139 e. The summed E-state index contributed by atoms with van der Waals surface area (Å²) in [6.45, 7) is 6.03. The fourth-order valence-electron chi connectivity index (χ4n) is 4.37.